The quantitative estimate of drug-likeness (QED) is 0.579. The van der Waals surface area contributed by atoms with Gasteiger partial charge in [-0.25, -0.2) is 0 Å². The normalized spacial score (nSPS) is 10.9. The molecule has 0 aliphatic heterocycles. The highest BCUT2D eigenvalue weighted by atomic mass is 35.5. The van der Waals surface area contributed by atoms with Gasteiger partial charge in [-0.3, -0.25) is 4.79 Å². The molecule has 0 atom stereocenters. The molecule has 1 aromatic rings. The molecule has 3 nitrogen and oxygen atoms in total. The van der Waals surface area contributed by atoms with Crippen molar-refractivity contribution in [3.05, 3.63) is 22.7 Å². The van der Waals surface area contributed by atoms with Gasteiger partial charge in [-0.15, -0.1) is 11.6 Å². The van der Waals surface area contributed by atoms with Crippen molar-refractivity contribution in [2.45, 2.75) is 39.9 Å². The first-order chi connectivity index (χ1) is 8.85. The highest BCUT2D eigenvalue weighted by Gasteiger charge is 2.17. The largest absolute Gasteiger partial charge is 0.487 e. The summed E-state index contributed by atoms with van der Waals surface area (Å²) in [6.07, 6.45) is -0.0465. The minimum atomic E-state index is -0.239. The molecule has 106 valence electrons. The van der Waals surface area contributed by atoms with Gasteiger partial charge in [0.25, 0.3) is 0 Å². The van der Waals surface area contributed by atoms with Crippen LogP contribution in [0, 0.1) is 0 Å². The first kappa shape index (κ1) is 16.1. The van der Waals surface area contributed by atoms with Crippen LogP contribution in [-0.2, 0) is 0 Å². The monoisotopic (exact) mass is 304 g/mol. The summed E-state index contributed by atoms with van der Waals surface area (Å²) in [6.45, 7) is 7.61. The topological polar surface area (TPSA) is 35.5 Å². The van der Waals surface area contributed by atoms with Crippen LogP contribution in [0.4, 0.5) is 0 Å². The van der Waals surface area contributed by atoms with E-state index in [1.165, 1.54) is 0 Å². The van der Waals surface area contributed by atoms with E-state index in [-0.39, 0.29) is 23.9 Å². The Balaban J connectivity index is 3.23. The van der Waals surface area contributed by atoms with Crippen LogP contribution in [0.15, 0.2) is 12.1 Å². The molecule has 0 aliphatic carbocycles. The fourth-order valence-corrected chi connectivity index (χ4v) is 1.92. The molecule has 0 aliphatic rings. The number of ether oxygens (including phenoxy) is 2. The summed E-state index contributed by atoms with van der Waals surface area (Å²) >= 11 is 11.6. The third-order valence-corrected chi connectivity index (χ3v) is 2.74. The molecule has 0 aromatic heterocycles. The zero-order valence-electron chi connectivity index (χ0n) is 11.5. The van der Waals surface area contributed by atoms with Gasteiger partial charge >= 0.3 is 0 Å². The van der Waals surface area contributed by atoms with Gasteiger partial charge in [-0.2, -0.15) is 0 Å². The zero-order chi connectivity index (χ0) is 14.6. The Morgan fingerprint density at radius 1 is 1.11 bits per heavy atom. The van der Waals surface area contributed by atoms with Crippen LogP contribution >= 0.6 is 23.2 Å². The maximum absolute atomic E-state index is 11.7. The van der Waals surface area contributed by atoms with Gasteiger partial charge in [0.2, 0.25) is 0 Å². The molecule has 0 spiro atoms. The van der Waals surface area contributed by atoms with E-state index >= 15 is 0 Å². The van der Waals surface area contributed by atoms with E-state index in [1.807, 2.05) is 27.7 Å². The summed E-state index contributed by atoms with van der Waals surface area (Å²) in [5, 5.41) is 0.317. The maximum atomic E-state index is 11.7. The molecular weight excluding hydrogens is 287 g/mol. The minimum Gasteiger partial charge on any atom is -0.487 e. The van der Waals surface area contributed by atoms with Gasteiger partial charge in [0.05, 0.1) is 23.1 Å². The average molecular weight is 305 g/mol. The number of carbonyl (C=O) groups excluding carboxylic acids is 1. The molecule has 0 fully saturated rings. The summed E-state index contributed by atoms with van der Waals surface area (Å²) in [5.74, 6) is 0.670. The number of hydrogen-bond donors (Lipinski definition) is 0. The van der Waals surface area contributed by atoms with Crippen molar-refractivity contribution >= 4 is 29.0 Å². The molecule has 0 N–H and O–H groups in total. The van der Waals surface area contributed by atoms with E-state index in [9.17, 15) is 4.79 Å². The molecule has 0 amide bonds. The van der Waals surface area contributed by atoms with E-state index in [4.69, 9.17) is 32.7 Å². The number of halogens is 2. The lowest BCUT2D eigenvalue weighted by molar-refractivity contribution is 0.102. The third-order valence-electron chi connectivity index (χ3n) is 2.18. The van der Waals surface area contributed by atoms with Gasteiger partial charge in [0.15, 0.2) is 17.3 Å². The Hall–Kier alpha value is -0.930. The lowest BCUT2D eigenvalue weighted by Crippen LogP contribution is -2.12. The lowest BCUT2D eigenvalue weighted by atomic mass is 10.1. The van der Waals surface area contributed by atoms with Crippen molar-refractivity contribution in [1.82, 2.24) is 0 Å². The molecule has 1 aromatic carbocycles. The van der Waals surface area contributed by atoms with Crippen LogP contribution in [0.25, 0.3) is 0 Å². The van der Waals surface area contributed by atoms with Crippen LogP contribution in [-0.4, -0.2) is 23.9 Å². The SMILES string of the molecule is CC(C)Oc1cc(Cl)c(C(=O)CCl)cc1OC(C)C. The molecule has 0 radical (unpaired) electrons. The number of carbonyl (C=O) groups is 1. The molecule has 0 unspecified atom stereocenters. The molecule has 0 bridgehead atoms. The average Bonchev–Trinajstić information content (AvgIpc) is 2.30. The van der Waals surface area contributed by atoms with Gasteiger partial charge in [-0.05, 0) is 33.8 Å². The minimum absolute atomic E-state index is 0.0137. The molecule has 1 rings (SSSR count). The van der Waals surface area contributed by atoms with E-state index in [0.29, 0.717) is 22.1 Å². The Labute approximate surface area is 123 Å². The highest BCUT2D eigenvalue weighted by Crippen LogP contribution is 2.35. The second kappa shape index (κ2) is 7.01. The predicted molar refractivity (Wildman–Crippen MR) is 78.0 cm³/mol. The molecule has 19 heavy (non-hydrogen) atoms. The van der Waals surface area contributed by atoms with Crippen molar-refractivity contribution in [3.63, 3.8) is 0 Å². The third kappa shape index (κ3) is 4.59. The van der Waals surface area contributed by atoms with Crippen molar-refractivity contribution in [2.24, 2.45) is 0 Å². The van der Waals surface area contributed by atoms with Gasteiger partial charge < -0.3 is 9.47 Å². The predicted octanol–water partition coefficient (Wildman–Crippen LogP) is 4.34. The number of rotatable bonds is 6. The standard InChI is InChI=1S/C14H18Cl2O3/c1-8(2)18-13-5-10(12(17)7-15)11(16)6-14(13)19-9(3)4/h5-6,8-9H,7H2,1-4H3. The zero-order valence-corrected chi connectivity index (χ0v) is 13.0. The number of hydrogen-bond acceptors (Lipinski definition) is 3. The molecule has 0 heterocycles. The summed E-state index contributed by atoms with van der Waals surface area (Å²) in [6, 6.07) is 3.18. The number of ketones is 1. The van der Waals surface area contributed by atoms with Crippen molar-refractivity contribution < 1.29 is 14.3 Å². The number of alkyl halides is 1. The summed E-state index contributed by atoms with van der Waals surface area (Å²) in [5.41, 5.74) is 0.350. The molecule has 0 saturated carbocycles. The first-order valence-electron chi connectivity index (χ1n) is 6.11. The van der Waals surface area contributed by atoms with Crippen LogP contribution in [0.2, 0.25) is 5.02 Å². The van der Waals surface area contributed by atoms with Crippen LogP contribution in [0.3, 0.4) is 0 Å². The molecule has 5 heteroatoms. The Morgan fingerprint density at radius 2 is 1.58 bits per heavy atom. The highest BCUT2D eigenvalue weighted by molar-refractivity contribution is 6.37. The smallest absolute Gasteiger partial charge is 0.179 e. The maximum Gasteiger partial charge on any atom is 0.179 e. The van der Waals surface area contributed by atoms with E-state index in [2.05, 4.69) is 0 Å². The Morgan fingerprint density at radius 3 is 2.00 bits per heavy atom. The second-order valence-electron chi connectivity index (χ2n) is 4.67. The van der Waals surface area contributed by atoms with E-state index in [1.54, 1.807) is 12.1 Å². The molecule has 0 saturated heterocycles. The fraction of sp³-hybridized carbons (Fsp3) is 0.500. The van der Waals surface area contributed by atoms with Crippen molar-refractivity contribution in [1.29, 1.82) is 0 Å². The summed E-state index contributed by atoms with van der Waals surface area (Å²) in [4.78, 5) is 11.7. The van der Waals surface area contributed by atoms with E-state index in [0.717, 1.165) is 0 Å². The van der Waals surface area contributed by atoms with Crippen molar-refractivity contribution in [3.8, 4) is 11.5 Å². The Bertz CT molecular complexity index is 456. The number of Topliss-reactive ketones (excluding diaryl/α,β-unsaturated/α-hetero) is 1. The first-order valence-corrected chi connectivity index (χ1v) is 7.02. The van der Waals surface area contributed by atoms with Crippen molar-refractivity contribution in [2.75, 3.05) is 5.88 Å². The van der Waals surface area contributed by atoms with E-state index < -0.39 is 0 Å². The van der Waals surface area contributed by atoms with Crippen LogP contribution in [0.1, 0.15) is 38.1 Å². The summed E-state index contributed by atoms with van der Waals surface area (Å²) < 4.78 is 11.3. The summed E-state index contributed by atoms with van der Waals surface area (Å²) in [7, 11) is 0. The van der Waals surface area contributed by atoms with Crippen LogP contribution < -0.4 is 9.47 Å². The Kier molecular flexibility index (Phi) is 5.95. The fourth-order valence-electron chi connectivity index (χ4n) is 1.51. The number of benzene rings is 1. The lowest BCUT2D eigenvalue weighted by Gasteiger charge is -2.18. The van der Waals surface area contributed by atoms with Gasteiger partial charge in [0, 0.05) is 11.6 Å². The molecular formula is C14H18Cl2O3. The van der Waals surface area contributed by atoms with Crippen LogP contribution in [0.5, 0.6) is 11.5 Å². The second-order valence-corrected chi connectivity index (χ2v) is 5.34. The van der Waals surface area contributed by atoms with Gasteiger partial charge in [0.1, 0.15) is 0 Å². The van der Waals surface area contributed by atoms with Gasteiger partial charge in [-0.1, -0.05) is 11.6 Å².